The Morgan fingerprint density at radius 3 is 2.44 bits per heavy atom. The summed E-state index contributed by atoms with van der Waals surface area (Å²) in [6.45, 7) is 2.56. The van der Waals surface area contributed by atoms with E-state index in [1.165, 1.54) is 16.1 Å². The molecule has 3 aromatic rings. The van der Waals surface area contributed by atoms with Crippen LogP contribution in [0.3, 0.4) is 0 Å². The van der Waals surface area contributed by atoms with Gasteiger partial charge in [0.05, 0.1) is 28.3 Å². The average Bonchev–Trinajstić information content (AvgIpc) is 3.19. The van der Waals surface area contributed by atoms with E-state index in [1.54, 1.807) is 42.3 Å². The van der Waals surface area contributed by atoms with Crippen molar-refractivity contribution in [3.05, 3.63) is 54.6 Å². The molecule has 1 aliphatic rings. The van der Waals surface area contributed by atoms with Gasteiger partial charge in [-0.3, -0.25) is 4.79 Å². The summed E-state index contributed by atoms with van der Waals surface area (Å²) in [6, 6.07) is 16.3. The van der Waals surface area contributed by atoms with E-state index in [2.05, 4.69) is 9.55 Å². The van der Waals surface area contributed by atoms with Gasteiger partial charge in [0.25, 0.3) is 0 Å². The first-order valence-electron chi connectivity index (χ1n) is 10.4. The fraction of sp³-hybridized carbons (Fsp3) is 0.364. The Morgan fingerprint density at radius 1 is 1.03 bits per heavy atom. The van der Waals surface area contributed by atoms with Gasteiger partial charge in [-0.25, -0.2) is 13.4 Å². The lowest BCUT2D eigenvalue weighted by Crippen LogP contribution is -2.50. The number of nitrogens with zero attached hydrogens (tertiary/aromatic N) is 4. The van der Waals surface area contributed by atoms with E-state index in [1.807, 2.05) is 24.3 Å². The van der Waals surface area contributed by atoms with Gasteiger partial charge in [0.1, 0.15) is 0 Å². The molecule has 0 N–H and O–H groups in total. The molecule has 1 amide bonds. The second-order valence-electron chi connectivity index (χ2n) is 7.41. The number of carbonyl (C=O) groups is 1. The highest BCUT2D eigenvalue weighted by atomic mass is 32.2. The van der Waals surface area contributed by atoms with Crippen molar-refractivity contribution in [2.45, 2.75) is 16.6 Å². The van der Waals surface area contributed by atoms with Gasteiger partial charge in [-0.1, -0.05) is 42.1 Å². The lowest BCUT2D eigenvalue weighted by Gasteiger charge is -2.34. The number of aromatic nitrogens is 2. The van der Waals surface area contributed by atoms with Gasteiger partial charge in [-0.2, -0.15) is 4.31 Å². The van der Waals surface area contributed by atoms with Gasteiger partial charge in [-0.05, 0) is 24.3 Å². The summed E-state index contributed by atoms with van der Waals surface area (Å²) in [5, 5.41) is 0.780. The van der Waals surface area contributed by atoms with Crippen LogP contribution in [0.1, 0.15) is 0 Å². The maximum Gasteiger partial charge on any atom is 0.243 e. The van der Waals surface area contributed by atoms with Gasteiger partial charge in [0.15, 0.2) is 5.16 Å². The molecule has 0 spiro atoms. The van der Waals surface area contributed by atoms with E-state index >= 15 is 0 Å². The zero-order valence-electron chi connectivity index (χ0n) is 17.9. The van der Waals surface area contributed by atoms with E-state index in [4.69, 9.17) is 4.74 Å². The fourth-order valence-electron chi connectivity index (χ4n) is 3.70. The van der Waals surface area contributed by atoms with Crippen molar-refractivity contribution in [1.29, 1.82) is 0 Å². The van der Waals surface area contributed by atoms with Crippen molar-refractivity contribution in [2.24, 2.45) is 0 Å². The highest BCUT2D eigenvalue weighted by Crippen LogP contribution is 2.25. The van der Waals surface area contributed by atoms with E-state index in [9.17, 15) is 13.2 Å². The van der Waals surface area contributed by atoms with Crippen LogP contribution in [-0.2, 0) is 26.1 Å². The van der Waals surface area contributed by atoms with Crippen LogP contribution in [0.25, 0.3) is 11.0 Å². The third-order valence-corrected chi connectivity index (χ3v) is 8.31. The summed E-state index contributed by atoms with van der Waals surface area (Å²) in [6.07, 6.45) is 0. The minimum atomic E-state index is -3.53. The second-order valence-corrected chi connectivity index (χ2v) is 10.3. The van der Waals surface area contributed by atoms with Crippen LogP contribution in [-0.4, -0.2) is 78.7 Å². The summed E-state index contributed by atoms with van der Waals surface area (Å²) in [5.74, 6) is 0.235. The molecule has 2 aromatic carbocycles. The van der Waals surface area contributed by atoms with Crippen LogP contribution in [0, 0.1) is 0 Å². The molecule has 170 valence electrons. The van der Waals surface area contributed by atoms with Crippen LogP contribution in [0.2, 0.25) is 0 Å². The number of sulfonamides is 1. The smallest absolute Gasteiger partial charge is 0.243 e. The molecule has 0 saturated carbocycles. The quantitative estimate of drug-likeness (QED) is 0.466. The number of imidazole rings is 1. The van der Waals surface area contributed by atoms with Gasteiger partial charge in [-0.15, -0.1) is 0 Å². The molecule has 0 aliphatic carbocycles. The summed E-state index contributed by atoms with van der Waals surface area (Å²) < 4.78 is 34.3. The summed E-state index contributed by atoms with van der Waals surface area (Å²) in [4.78, 5) is 19.5. The molecule has 10 heteroatoms. The zero-order chi connectivity index (χ0) is 22.6. The number of para-hydroxylation sites is 2. The Balaban J connectivity index is 1.37. The molecular formula is C22H26N4O4S2. The lowest BCUT2D eigenvalue weighted by atomic mass is 10.3. The predicted octanol–water partition coefficient (Wildman–Crippen LogP) is 2.31. The molecule has 1 saturated heterocycles. The first kappa shape index (κ1) is 22.8. The minimum absolute atomic E-state index is 0.0166. The number of rotatable bonds is 8. The van der Waals surface area contributed by atoms with Gasteiger partial charge in [0.2, 0.25) is 15.9 Å². The number of piperazine rings is 1. The van der Waals surface area contributed by atoms with E-state index in [0.717, 1.165) is 16.2 Å². The number of hydrogen-bond donors (Lipinski definition) is 0. The van der Waals surface area contributed by atoms with Crippen molar-refractivity contribution < 1.29 is 17.9 Å². The van der Waals surface area contributed by atoms with Crippen LogP contribution in [0.5, 0.6) is 0 Å². The van der Waals surface area contributed by atoms with Crippen molar-refractivity contribution in [1.82, 2.24) is 18.8 Å². The zero-order valence-corrected chi connectivity index (χ0v) is 19.5. The number of hydrogen-bond acceptors (Lipinski definition) is 6. The third-order valence-electron chi connectivity index (χ3n) is 5.44. The van der Waals surface area contributed by atoms with Crippen LogP contribution >= 0.6 is 11.8 Å². The molecule has 1 aromatic heterocycles. The minimum Gasteiger partial charge on any atom is -0.383 e. The van der Waals surface area contributed by atoms with Crippen LogP contribution in [0.4, 0.5) is 0 Å². The van der Waals surface area contributed by atoms with Crippen molar-refractivity contribution >= 4 is 38.7 Å². The predicted molar refractivity (Wildman–Crippen MR) is 124 cm³/mol. The number of fused-ring (bicyclic) bond motifs is 1. The number of methoxy groups -OCH3 is 1. The standard InChI is InChI=1S/C22H26N4O4S2/c1-30-16-15-26-20-10-6-5-9-19(20)23-22(26)31-17-21(27)24-11-13-25(14-12-24)32(28,29)18-7-3-2-4-8-18/h2-10H,11-17H2,1H3. The van der Waals surface area contributed by atoms with Crippen molar-refractivity contribution in [2.75, 3.05) is 45.6 Å². The molecule has 1 fully saturated rings. The fourth-order valence-corrected chi connectivity index (χ4v) is 6.09. The molecule has 8 nitrogen and oxygen atoms in total. The van der Waals surface area contributed by atoms with Gasteiger partial charge in [0, 0.05) is 39.8 Å². The Labute approximate surface area is 192 Å². The molecule has 0 bridgehead atoms. The topological polar surface area (TPSA) is 84.7 Å². The lowest BCUT2D eigenvalue weighted by molar-refractivity contribution is -0.129. The van der Waals surface area contributed by atoms with Crippen LogP contribution in [0.15, 0.2) is 64.6 Å². The second kappa shape index (κ2) is 10.0. The Hall–Kier alpha value is -2.40. The SMILES string of the molecule is COCCn1c(SCC(=O)N2CCN(S(=O)(=O)c3ccccc3)CC2)nc2ccccc21. The Bertz CT molecular complexity index is 1170. The number of amides is 1. The maximum absolute atomic E-state index is 12.8. The normalized spacial score (nSPS) is 15.3. The van der Waals surface area contributed by atoms with Gasteiger partial charge >= 0.3 is 0 Å². The monoisotopic (exact) mass is 474 g/mol. The van der Waals surface area contributed by atoms with Gasteiger partial charge < -0.3 is 14.2 Å². The molecule has 0 atom stereocenters. The Morgan fingerprint density at radius 2 is 1.72 bits per heavy atom. The third kappa shape index (κ3) is 4.83. The molecule has 32 heavy (non-hydrogen) atoms. The Kier molecular flexibility index (Phi) is 7.14. The highest BCUT2D eigenvalue weighted by Gasteiger charge is 2.30. The summed E-state index contributed by atoms with van der Waals surface area (Å²) >= 11 is 1.40. The van der Waals surface area contributed by atoms with Crippen molar-refractivity contribution in [3.8, 4) is 0 Å². The number of benzene rings is 2. The first-order chi connectivity index (χ1) is 15.5. The molecule has 1 aliphatic heterocycles. The highest BCUT2D eigenvalue weighted by molar-refractivity contribution is 7.99. The molecule has 0 radical (unpaired) electrons. The van der Waals surface area contributed by atoms with Crippen molar-refractivity contribution in [3.63, 3.8) is 0 Å². The molecular weight excluding hydrogens is 448 g/mol. The first-order valence-corrected chi connectivity index (χ1v) is 12.8. The van der Waals surface area contributed by atoms with E-state index in [0.29, 0.717) is 39.3 Å². The average molecular weight is 475 g/mol. The largest absolute Gasteiger partial charge is 0.383 e. The van der Waals surface area contributed by atoms with E-state index < -0.39 is 10.0 Å². The van der Waals surface area contributed by atoms with Crippen LogP contribution < -0.4 is 0 Å². The number of ether oxygens (including phenoxy) is 1. The molecule has 0 unspecified atom stereocenters. The summed E-state index contributed by atoms with van der Waals surface area (Å²) in [5.41, 5.74) is 1.90. The number of thioether (sulfide) groups is 1. The maximum atomic E-state index is 12.8. The summed E-state index contributed by atoms with van der Waals surface area (Å²) in [7, 11) is -1.87. The van der Waals surface area contributed by atoms with E-state index in [-0.39, 0.29) is 16.6 Å². The molecule has 2 heterocycles. The number of carbonyl (C=O) groups excluding carboxylic acids is 1. The molecule has 4 rings (SSSR count).